The summed E-state index contributed by atoms with van der Waals surface area (Å²) in [5.41, 5.74) is 6.85. The molecule has 5 rings (SSSR count). The van der Waals surface area contributed by atoms with Gasteiger partial charge in [0.05, 0.1) is 18.2 Å². The maximum Gasteiger partial charge on any atom is 0.338 e. The van der Waals surface area contributed by atoms with Gasteiger partial charge in [0, 0.05) is 29.6 Å². The molecule has 1 unspecified atom stereocenters. The van der Waals surface area contributed by atoms with Crippen LogP contribution in [-0.4, -0.2) is 23.4 Å². The second kappa shape index (κ2) is 9.53. The first-order valence-corrected chi connectivity index (χ1v) is 12.3. The zero-order chi connectivity index (χ0) is 24.5. The Morgan fingerprint density at radius 2 is 1.66 bits per heavy atom. The quantitative estimate of drug-likeness (QED) is 0.307. The van der Waals surface area contributed by atoms with Crippen molar-refractivity contribution in [2.24, 2.45) is 11.8 Å². The van der Waals surface area contributed by atoms with Gasteiger partial charge in [-0.2, -0.15) is 0 Å². The van der Waals surface area contributed by atoms with Crippen LogP contribution in [-0.2, 0) is 24.1 Å². The van der Waals surface area contributed by atoms with Crippen molar-refractivity contribution >= 4 is 22.7 Å². The van der Waals surface area contributed by atoms with Crippen LogP contribution < -0.4 is 0 Å². The van der Waals surface area contributed by atoms with Crippen molar-refractivity contribution in [3.8, 4) is 0 Å². The molecule has 3 aromatic carbocycles. The molecule has 1 aromatic heterocycles. The number of ketones is 1. The van der Waals surface area contributed by atoms with E-state index in [2.05, 4.69) is 66.9 Å². The van der Waals surface area contributed by atoms with Crippen molar-refractivity contribution < 1.29 is 14.3 Å². The molecule has 0 saturated carbocycles. The molecule has 0 spiro atoms. The van der Waals surface area contributed by atoms with E-state index in [9.17, 15) is 9.59 Å². The van der Waals surface area contributed by atoms with Gasteiger partial charge in [-0.15, -0.1) is 0 Å². The van der Waals surface area contributed by atoms with Gasteiger partial charge in [-0.05, 0) is 53.5 Å². The van der Waals surface area contributed by atoms with Gasteiger partial charge in [0.25, 0.3) is 0 Å². The lowest BCUT2D eigenvalue weighted by molar-refractivity contribution is 0.0603. The highest BCUT2D eigenvalue weighted by molar-refractivity contribution is 6.16. The number of ether oxygens (including phenoxy) is 1. The second-order valence-electron chi connectivity index (χ2n) is 9.92. The van der Waals surface area contributed by atoms with Gasteiger partial charge in [0.2, 0.25) is 0 Å². The van der Waals surface area contributed by atoms with Crippen LogP contribution in [0.3, 0.4) is 0 Å². The Labute approximate surface area is 206 Å². The van der Waals surface area contributed by atoms with E-state index in [1.807, 2.05) is 18.2 Å². The van der Waals surface area contributed by atoms with Crippen molar-refractivity contribution in [1.82, 2.24) is 4.57 Å². The normalized spacial score (nSPS) is 15.4. The fourth-order valence-electron chi connectivity index (χ4n) is 5.41. The zero-order valence-electron chi connectivity index (χ0n) is 20.6. The fraction of sp³-hybridized carbons (Fsp3) is 0.290. The number of aromatic nitrogens is 1. The summed E-state index contributed by atoms with van der Waals surface area (Å²) < 4.78 is 7.33. The van der Waals surface area contributed by atoms with Crippen LogP contribution in [0.4, 0.5) is 0 Å². The van der Waals surface area contributed by atoms with E-state index in [4.69, 9.17) is 4.74 Å². The largest absolute Gasteiger partial charge is 0.465 e. The highest BCUT2D eigenvalue weighted by atomic mass is 16.5. The molecule has 1 atom stereocenters. The molecule has 1 aliphatic rings. The second-order valence-corrected chi connectivity index (χ2v) is 9.92. The van der Waals surface area contributed by atoms with Crippen molar-refractivity contribution in [3.05, 3.63) is 106 Å². The van der Waals surface area contributed by atoms with E-state index < -0.39 is 5.97 Å². The molecule has 0 saturated heterocycles. The number of rotatable bonds is 6. The molecule has 35 heavy (non-hydrogen) atoms. The molecule has 0 radical (unpaired) electrons. The molecule has 0 fully saturated rings. The molecule has 0 aliphatic heterocycles. The number of hydrogen-bond acceptors (Lipinski definition) is 3. The highest BCUT2D eigenvalue weighted by Crippen LogP contribution is 2.38. The minimum Gasteiger partial charge on any atom is -0.465 e. The monoisotopic (exact) mass is 465 g/mol. The average Bonchev–Trinajstić information content (AvgIpc) is 3.18. The van der Waals surface area contributed by atoms with Gasteiger partial charge in [-0.25, -0.2) is 4.79 Å². The summed E-state index contributed by atoms with van der Waals surface area (Å²) >= 11 is 0. The Balaban J connectivity index is 1.62. The molecule has 4 aromatic rings. The predicted octanol–water partition coefficient (Wildman–Crippen LogP) is 6.47. The smallest absolute Gasteiger partial charge is 0.338 e. The van der Waals surface area contributed by atoms with Gasteiger partial charge < -0.3 is 9.30 Å². The SMILES string of the molecule is COC(=O)c1cccc2c1c1c(n2Cc2cccc(Cc3ccccc3)c2)CC(C(C)C)CC1=O. The van der Waals surface area contributed by atoms with Crippen LogP contribution in [0.15, 0.2) is 72.8 Å². The number of Topliss-reactive ketones (excluding diaryl/α,β-unsaturated/α-hetero) is 1. The van der Waals surface area contributed by atoms with E-state index in [-0.39, 0.29) is 5.78 Å². The number of esters is 1. The number of carbonyl (C=O) groups excluding carboxylic acids is 2. The van der Waals surface area contributed by atoms with Gasteiger partial charge in [0.15, 0.2) is 5.78 Å². The van der Waals surface area contributed by atoms with Crippen LogP contribution in [0.2, 0.25) is 0 Å². The first-order chi connectivity index (χ1) is 17.0. The van der Waals surface area contributed by atoms with E-state index in [0.29, 0.717) is 35.9 Å². The number of methoxy groups -OCH3 is 1. The molecule has 4 heteroatoms. The summed E-state index contributed by atoms with van der Waals surface area (Å²) in [6.07, 6.45) is 2.23. The Morgan fingerprint density at radius 1 is 0.943 bits per heavy atom. The Morgan fingerprint density at radius 3 is 2.40 bits per heavy atom. The number of fused-ring (bicyclic) bond motifs is 3. The van der Waals surface area contributed by atoms with Crippen LogP contribution in [0.25, 0.3) is 10.9 Å². The summed E-state index contributed by atoms with van der Waals surface area (Å²) in [7, 11) is 1.39. The Hall–Kier alpha value is -3.66. The summed E-state index contributed by atoms with van der Waals surface area (Å²) in [6, 6.07) is 24.8. The fourth-order valence-corrected chi connectivity index (χ4v) is 5.41. The molecule has 0 amide bonds. The molecule has 4 nitrogen and oxygen atoms in total. The summed E-state index contributed by atoms with van der Waals surface area (Å²) in [4.78, 5) is 26.1. The average molecular weight is 466 g/mol. The van der Waals surface area contributed by atoms with Crippen LogP contribution in [0.5, 0.6) is 0 Å². The van der Waals surface area contributed by atoms with E-state index in [1.165, 1.54) is 23.8 Å². The van der Waals surface area contributed by atoms with Crippen LogP contribution in [0, 0.1) is 11.8 Å². The third-order valence-corrected chi connectivity index (χ3v) is 7.31. The molecule has 0 bridgehead atoms. The highest BCUT2D eigenvalue weighted by Gasteiger charge is 2.34. The topological polar surface area (TPSA) is 48.3 Å². The van der Waals surface area contributed by atoms with Crippen molar-refractivity contribution in [1.29, 1.82) is 0 Å². The van der Waals surface area contributed by atoms with Gasteiger partial charge in [0.1, 0.15) is 0 Å². The minimum absolute atomic E-state index is 0.128. The molecular formula is C31H31NO3. The van der Waals surface area contributed by atoms with Crippen LogP contribution >= 0.6 is 0 Å². The summed E-state index contributed by atoms with van der Waals surface area (Å²) in [5, 5.41) is 0.738. The van der Waals surface area contributed by atoms with E-state index >= 15 is 0 Å². The van der Waals surface area contributed by atoms with Crippen molar-refractivity contribution in [2.45, 2.75) is 39.7 Å². The lowest BCUT2D eigenvalue weighted by Gasteiger charge is -2.26. The third kappa shape index (κ3) is 4.41. The molecular weight excluding hydrogens is 434 g/mol. The van der Waals surface area contributed by atoms with Crippen molar-refractivity contribution in [2.75, 3.05) is 7.11 Å². The molecule has 1 aliphatic carbocycles. The maximum atomic E-state index is 13.4. The third-order valence-electron chi connectivity index (χ3n) is 7.31. The number of carbonyl (C=O) groups is 2. The van der Waals surface area contributed by atoms with Gasteiger partial charge in [-0.1, -0.05) is 74.5 Å². The summed E-state index contributed by atoms with van der Waals surface area (Å²) in [5.74, 6) is 0.430. The lowest BCUT2D eigenvalue weighted by atomic mass is 9.79. The van der Waals surface area contributed by atoms with Crippen molar-refractivity contribution in [3.63, 3.8) is 0 Å². The van der Waals surface area contributed by atoms with Crippen LogP contribution in [0.1, 0.15) is 63.4 Å². The molecule has 1 heterocycles. The zero-order valence-corrected chi connectivity index (χ0v) is 20.6. The number of nitrogens with zero attached hydrogens (tertiary/aromatic N) is 1. The predicted molar refractivity (Wildman–Crippen MR) is 139 cm³/mol. The van der Waals surface area contributed by atoms with E-state index in [0.717, 1.165) is 29.4 Å². The Bertz CT molecular complexity index is 1400. The first kappa shape index (κ1) is 23.1. The summed E-state index contributed by atoms with van der Waals surface area (Å²) in [6.45, 7) is 5.02. The first-order valence-electron chi connectivity index (χ1n) is 12.3. The number of hydrogen-bond donors (Lipinski definition) is 0. The Kier molecular flexibility index (Phi) is 6.29. The van der Waals surface area contributed by atoms with Gasteiger partial charge >= 0.3 is 5.97 Å². The van der Waals surface area contributed by atoms with E-state index in [1.54, 1.807) is 6.07 Å². The lowest BCUT2D eigenvalue weighted by Crippen LogP contribution is -2.25. The molecule has 0 N–H and O–H groups in total. The molecule has 178 valence electrons. The maximum absolute atomic E-state index is 13.4. The number of benzene rings is 3. The minimum atomic E-state index is -0.404. The standard InChI is InChI=1S/C31H31NO3/c1-20(2)24-17-27-30(28(33)18-24)29-25(31(34)35-3)13-8-14-26(29)32(27)19-23-12-7-11-22(16-23)15-21-9-5-4-6-10-21/h4-14,16,20,24H,15,17-19H2,1-3H3. The van der Waals surface area contributed by atoms with Gasteiger partial charge in [-0.3, -0.25) is 4.79 Å².